The van der Waals surface area contributed by atoms with Crippen molar-refractivity contribution in [2.45, 2.75) is 0 Å². The third kappa shape index (κ3) is 2.01. The van der Waals surface area contributed by atoms with Crippen LogP contribution in [0.3, 0.4) is 0 Å². The number of aromatic amines is 2. The maximum atomic E-state index is 12.1. The quantitative estimate of drug-likeness (QED) is 0.663. The largest absolute Gasteiger partial charge is 0.466 e. The van der Waals surface area contributed by atoms with Crippen molar-refractivity contribution >= 4 is 22.8 Å². The van der Waals surface area contributed by atoms with Gasteiger partial charge < -0.3 is 9.72 Å². The topological polar surface area (TPSA) is 95.7 Å². The van der Waals surface area contributed by atoms with Crippen LogP contribution in [0.5, 0.6) is 6.01 Å². The molecule has 0 fully saturated rings. The minimum atomic E-state index is -0.267. The van der Waals surface area contributed by atoms with Gasteiger partial charge in [0.05, 0.1) is 12.7 Å². The summed E-state index contributed by atoms with van der Waals surface area (Å²) in [4.78, 5) is 19.1. The number of benzene rings is 1. The number of aromatic nitrogens is 4. The van der Waals surface area contributed by atoms with E-state index in [1.54, 1.807) is 6.20 Å². The van der Waals surface area contributed by atoms with E-state index in [-0.39, 0.29) is 17.9 Å². The minimum Gasteiger partial charge on any atom is -0.466 e. The Morgan fingerprint density at radius 2 is 2.21 bits per heavy atom. The molecule has 7 heteroatoms. The molecule has 96 valence electrons. The highest BCUT2D eigenvalue weighted by Crippen LogP contribution is 2.18. The molecule has 3 aromatic rings. The lowest BCUT2D eigenvalue weighted by Crippen LogP contribution is -2.12. The fourth-order valence-electron chi connectivity index (χ4n) is 1.83. The number of carbonyl (C=O) groups is 1. The molecule has 3 rings (SSSR count). The van der Waals surface area contributed by atoms with Gasteiger partial charge in [-0.1, -0.05) is 18.2 Å². The highest BCUT2D eigenvalue weighted by molar-refractivity contribution is 6.12. The molecule has 0 bridgehead atoms. The summed E-state index contributed by atoms with van der Waals surface area (Å²) in [5.41, 5.74) is 1.45. The predicted molar refractivity (Wildman–Crippen MR) is 69.2 cm³/mol. The Kier molecular flexibility index (Phi) is 2.64. The molecule has 0 aliphatic carbocycles. The van der Waals surface area contributed by atoms with E-state index in [2.05, 4.69) is 25.5 Å². The van der Waals surface area contributed by atoms with Crippen LogP contribution < -0.4 is 10.1 Å². The third-order valence-electron chi connectivity index (χ3n) is 2.71. The second kappa shape index (κ2) is 4.45. The van der Waals surface area contributed by atoms with Gasteiger partial charge in [-0.05, 0) is 6.07 Å². The summed E-state index contributed by atoms with van der Waals surface area (Å²) in [6, 6.07) is 7.74. The molecule has 1 amide bonds. The van der Waals surface area contributed by atoms with E-state index >= 15 is 0 Å². The Morgan fingerprint density at radius 1 is 1.37 bits per heavy atom. The number of methoxy groups -OCH3 is 1. The van der Waals surface area contributed by atoms with E-state index in [9.17, 15) is 4.79 Å². The predicted octanol–water partition coefficient (Wildman–Crippen LogP) is 1.55. The molecule has 19 heavy (non-hydrogen) atoms. The van der Waals surface area contributed by atoms with E-state index in [4.69, 9.17) is 4.74 Å². The Balaban J connectivity index is 1.87. The van der Waals surface area contributed by atoms with Crippen LogP contribution in [-0.2, 0) is 0 Å². The van der Waals surface area contributed by atoms with Crippen molar-refractivity contribution in [3.05, 3.63) is 36.0 Å². The number of hydrogen-bond donors (Lipinski definition) is 3. The fraction of sp³-hybridized carbons (Fsp3) is 0.0833. The second-order valence-electron chi connectivity index (χ2n) is 3.87. The summed E-state index contributed by atoms with van der Waals surface area (Å²) >= 11 is 0. The average molecular weight is 257 g/mol. The van der Waals surface area contributed by atoms with E-state index in [0.29, 0.717) is 5.56 Å². The maximum absolute atomic E-state index is 12.1. The van der Waals surface area contributed by atoms with E-state index in [0.717, 1.165) is 10.9 Å². The number of hydrogen-bond acceptors (Lipinski definition) is 4. The molecule has 0 aliphatic heterocycles. The Hall–Kier alpha value is -2.83. The first-order valence-electron chi connectivity index (χ1n) is 5.62. The normalized spacial score (nSPS) is 10.6. The highest BCUT2D eigenvalue weighted by Gasteiger charge is 2.13. The van der Waals surface area contributed by atoms with Gasteiger partial charge in [0.1, 0.15) is 0 Å². The lowest BCUT2D eigenvalue weighted by molar-refractivity contribution is 0.102. The van der Waals surface area contributed by atoms with Gasteiger partial charge in [0.2, 0.25) is 5.95 Å². The molecule has 0 unspecified atom stereocenters. The Labute approximate surface area is 108 Å². The van der Waals surface area contributed by atoms with Crippen LogP contribution in [0.25, 0.3) is 10.9 Å². The van der Waals surface area contributed by atoms with Crippen LogP contribution in [0.15, 0.2) is 30.5 Å². The molecule has 0 radical (unpaired) electrons. The van der Waals surface area contributed by atoms with Crippen molar-refractivity contribution < 1.29 is 9.53 Å². The van der Waals surface area contributed by atoms with Gasteiger partial charge in [0, 0.05) is 17.1 Å². The Morgan fingerprint density at radius 3 is 3.00 bits per heavy atom. The van der Waals surface area contributed by atoms with Gasteiger partial charge in [-0.25, -0.2) is 5.10 Å². The fourth-order valence-corrected chi connectivity index (χ4v) is 1.83. The molecule has 0 saturated heterocycles. The first kappa shape index (κ1) is 11.3. The molecule has 0 aliphatic rings. The molecule has 0 atom stereocenters. The first-order chi connectivity index (χ1) is 9.28. The summed E-state index contributed by atoms with van der Waals surface area (Å²) in [6.45, 7) is 0. The first-order valence-corrected chi connectivity index (χ1v) is 5.62. The zero-order chi connectivity index (χ0) is 13.2. The van der Waals surface area contributed by atoms with Crippen molar-refractivity contribution in [3.63, 3.8) is 0 Å². The number of carbonyl (C=O) groups excluding carboxylic acids is 1. The molecule has 7 nitrogen and oxygen atoms in total. The molecular formula is C12H11N5O2. The molecule has 2 aromatic heterocycles. The van der Waals surface area contributed by atoms with Crippen LogP contribution in [0.4, 0.5) is 5.95 Å². The summed E-state index contributed by atoms with van der Waals surface area (Å²) in [5.74, 6) is -0.0246. The number of amides is 1. The van der Waals surface area contributed by atoms with Crippen molar-refractivity contribution in [3.8, 4) is 6.01 Å². The van der Waals surface area contributed by atoms with Gasteiger partial charge >= 0.3 is 6.01 Å². The van der Waals surface area contributed by atoms with Crippen molar-refractivity contribution in [2.75, 3.05) is 12.4 Å². The Bertz CT molecular complexity index is 730. The lowest BCUT2D eigenvalue weighted by Gasteiger charge is -1.99. The number of ether oxygens (including phenoxy) is 1. The molecule has 2 heterocycles. The smallest absolute Gasteiger partial charge is 0.336 e. The number of rotatable bonds is 3. The molecule has 0 saturated carbocycles. The molecule has 1 aromatic carbocycles. The number of fused-ring (bicyclic) bond motifs is 1. The summed E-state index contributed by atoms with van der Waals surface area (Å²) in [5, 5.41) is 9.80. The zero-order valence-corrected chi connectivity index (χ0v) is 10.1. The van der Waals surface area contributed by atoms with Gasteiger partial charge in [-0.2, -0.15) is 4.98 Å². The van der Waals surface area contributed by atoms with Gasteiger partial charge in [-0.3, -0.25) is 10.1 Å². The number of para-hydroxylation sites is 1. The van der Waals surface area contributed by atoms with Crippen molar-refractivity contribution in [1.29, 1.82) is 0 Å². The monoisotopic (exact) mass is 257 g/mol. The van der Waals surface area contributed by atoms with Crippen LogP contribution >= 0.6 is 0 Å². The number of nitrogens with one attached hydrogen (secondary N) is 3. The molecular weight excluding hydrogens is 246 g/mol. The van der Waals surface area contributed by atoms with Gasteiger partial charge in [-0.15, -0.1) is 5.10 Å². The maximum Gasteiger partial charge on any atom is 0.336 e. The van der Waals surface area contributed by atoms with E-state index in [1.807, 2.05) is 24.3 Å². The lowest BCUT2D eigenvalue weighted by atomic mass is 10.1. The van der Waals surface area contributed by atoms with Gasteiger partial charge in [0.25, 0.3) is 5.91 Å². The average Bonchev–Trinajstić information content (AvgIpc) is 3.04. The number of nitrogens with zero attached hydrogens (tertiary/aromatic N) is 2. The molecule has 3 N–H and O–H groups in total. The zero-order valence-electron chi connectivity index (χ0n) is 10.1. The van der Waals surface area contributed by atoms with E-state index < -0.39 is 0 Å². The second-order valence-corrected chi connectivity index (χ2v) is 3.87. The van der Waals surface area contributed by atoms with Crippen LogP contribution in [0.1, 0.15) is 10.4 Å². The number of H-pyrrole nitrogens is 2. The summed E-state index contributed by atoms with van der Waals surface area (Å²) in [6.07, 6.45) is 1.66. The number of anilines is 1. The van der Waals surface area contributed by atoms with Crippen molar-refractivity contribution in [1.82, 2.24) is 20.2 Å². The van der Waals surface area contributed by atoms with Crippen LogP contribution in [-0.4, -0.2) is 33.2 Å². The van der Waals surface area contributed by atoms with Gasteiger partial charge in [0.15, 0.2) is 0 Å². The highest BCUT2D eigenvalue weighted by atomic mass is 16.5. The summed E-state index contributed by atoms with van der Waals surface area (Å²) < 4.78 is 4.83. The standard InChI is InChI=1S/C12H11N5O2/c1-19-12-15-11(16-17-12)14-10(18)8-6-13-9-5-3-2-4-7(8)9/h2-6,13H,1H3,(H2,14,15,16,17,18). The van der Waals surface area contributed by atoms with Crippen LogP contribution in [0, 0.1) is 0 Å². The minimum absolute atomic E-state index is 0.175. The third-order valence-corrected chi connectivity index (χ3v) is 2.71. The van der Waals surface area contributed by atoms with E-state index in [1.165, 1.54) is 7.11 Å². The van der Waals surface area contributed by atoms with Crippen molar-refractivity contribution in [2.24, 2.45) is 0 Å². The molecule has 0 spiro atoms. The summed E-state index contributed by atoms with van der Waals surface area (Å²) in [7, 11) is 1.45. The van der Waals surface area contributed by atoms with Crippen LogP contribution in [0.2, 0.25) is 0 Å². The SMILES string of the molecule is COc1n[nH]c(NC(=O)c2c[nH]c3ccccc23)n1.